The van der Waals surface area contributed by atoms with Crippen LogP contribution in [-0.4, -0.2) is 19.3 Å². The smallest absolute Gasteiger partial charge is 0.270 e. The molecule has 29 heavy (non-hydrogen) atoms. The first-order valence-electron chi connectivity index (χ1n) is 10.7. The number of rotatable bonds is 7. The average Bonchev–Trinajstić information content (AvgIpc) is 2.73. The van der Waals surface area contributed by atoms with E-state index in [1.807, 2.05) is 6.08 Å². The maximum Gasteiger partial charge on any atom is 0.270 e. The Morgan fingerprint density at radius 3 is 2.38 bits per heavy atom. The van der Waals surface area contributed by atoms with Crippen LogP contribution in [-0.2, 0) is 4.74 Å². The summed E-state index contributed by atoms with van der Waals surface area (Å²) in [6, 6.07) is 3.12. The fraction of sp³-hybridized carbons (Fsp3) is 0.583. The van der Waals surface area contributed by atoms with Gasteiger partial charge in [-0.1, -0.05) is 24.3 Å². The Balaban J connectivity index is 1.58. The summed E-state index contributed by atoms with van der Waals surface area (Å²) < 4.78 is 52.6. The zero-order chi connectivity index (χ0) is 20.8. The topological polar surface area (TPSA) is 18.5 Å². The minimum atomic E-state index is -2.88. The first-order chi connectivity index (χ1) is 14.0. The van der Waals surface area contributed by atoms with Crippen LogP contribution >= 0.6 is 0 Å². The van der Waals surface area contributed by atoms with Crippen LogP contribution in [0.3, 0.4) is 0 Å². The van der Waals surface area contributed by atoms with E-state index in [-0.39, 0.29) is 24.4 Å². The second kappa shape index (κ2) is 10.3. The summed E-state index contributed by atoms with van der Waals surface area (Å²) in [5.41, 5.74) is -0.191. The van der Waals surface area contributed by atoms with Crippen molar-refractivity contribution in [1.29, 1.82) is 0 Å². The summed E-state index contributed by atoms with van der Waals surface area (Å²) in [6.45, 7) is 6.44. The van der Waals surface area contributed by atoms with Crippen molar-refractivity contribution in [2.24, 2.45) is 11.8 Å². The Hall–Kier alpha value is -1.75. The molecule has 0 N–H and O–H groups in total. The van der Waals surface area contributed by atoms with E-state index in [1.165, 1.54) is 6.07 Å². The van der Waals surface area contributed by atoms with Gasteiger partial charge in [0.05, 0.1) is 24.9 Å². The van der Waals surface area contributed by atoms with Crippen molar-refractivity contribution in [3.63, 3.8) is 0 Å². The van der Waals surface area contributed by atoms with E-state index in [0.29, 0.717) is 17.4 Å². The molecule has 2 nitrogen and oxygen atoms in total. The zero-order valence-electron chi connectivity index (χ0n) is 17.1. The number of hydrogen-bond donors (Lipinski definition) is 0. The Kier molecular flexibility index (Phi) is 7.82. The van der Waals surface area contributed by atoms with Gasteiger partial charge in [-0.2, -0.15) is 0 Å². The third-order valence-corrected chi connectivity index (χ3v) is 6.16. The van der Waals surface area contributed by atoms with E-state index in [9.17, 15) is 13.2 Å². The van der Waals surface area contributed by atoms with Crippen LogP contribution in [0.5, 0.6) is 5.75 Å². The molecular formula is C24H31F3O2. The molecule has 5 heteroatoms. The number of alkyl halides is 2. The summed E-state index contributed by atoms with van der Waals surface area (Å²) in [4.78, 5) is 0. The number of allylic oxidation sites excluding steroid dienone is 1. The maximum atomic E-state index is 14.8. The summed E-state index contributed by atoms with van der Waals surface area (Å²) in [5, 5.41) is 0. The lowest BCUT2D eigenvalue weighted by atomic mass is 9.77. The summed E-state index contributed by atoms with van der Waals surface area (Å²) in [5.74, 6) is 0.0545. The molecule has 0 amide bonds. The third kappa shape index (κ3) is 5.44. The molecule has 1 aromatic rings. The van der Waals surface area contributed by atoms with E-state index in [1.54, 1.807) is 13.0 Å². The van der Waals surface area contributed by atoms with Gasteiger partial charge in [0.2, 0.25) is 0 Å². The molecule has 1 aliphatic carbocycles. The van der Waals surface area contributed by atoms with E-state index in [4.69, 9.17) is 9.47 Å². The molecule has 1 saturated carbocycles. The van der Waals surface area contributed by atoms with Gasteiger partial charge in [0.1, 0.15) is 11.6 Å². The molecule has 160 valence electrons. The fourth-order valence-electron chi connectivity index (χ4n) is 4.46. The molecule has 1 heterocycles. The van der Waals surface area contributed by atoms with Crippen molar-refractivity contribution < 1.29 is 22.6 Å². The molecule has 0 spiro atoms. The molecule has 2 unspecified atom stereocenters. The predicted octanol–water partition coefficient (Wildman–Crippen LogP) is 6.97. The SMILES string of the molecule is C=CC1CCC(/C=C/C2CCC(c3ccc(OCC)c(C(F)F)c3F)CC2)CO1. The second-order valence-electron chi connectivity index (χ2n) is 8.06. The van der Waals surface area contributed by atoms with Crippen molar-refractivity contribution in [2.45, 2.75) is 63.9 Å². The van der Waals surface area contributed by atoms with Crippen molar-refractivity contribution in [3.8, 4) is 5.75 Å². The van der Waals surface area contributed by atoms with Crippen LogP contribution in [0.25, 0.3) is 0 Å². The van der Waals surface area contributed by atoms with E-state index >= 15 is 0 Å². The zero-order valence-corrected chi connectivity index (χ0v) is 17.1. The molecule has 2 atom stereocenters. The average molecular weight is 409 g/mol. The molecule has 1 saturated heterocycles. The standard InChI is InChI=1S/C24H31F3O2/c1-3-19-12-9-17(15-29-19)6-5-16-7-10-18(11-8-16)20-13-14-21(28-4-2)22(23(20)25)24(26)27/h3,5-6,13-14,16-19,24H,1,4,7-12,15H2,2H3/b6-5+. The van der Waals surface area contributed by atoms with Crippen LogP contribution in [0.2, 0.25) is 0 Å². The minimum Gasteiger partial charge on any atom is -0.493 e. The number of benzene rings is 1. The predicted molar refractivity (Wildman–Crippen MR) is 109 cm³/mol. The number of hydrogen-bond acceptors (Lipinski definition) is 2. The molecule has 2 aliphatic rings. The lowest BCUT2D eigenvalue weighted by Gasteiger charge is -2.29. The fourth-order valence-corrected chi connectivity index (χ4v) is 4.46. The van der Waals surface area contributed by atoms with Crippen LogP contribution in [0, 0.1) is 17.7 Å². The summed E-state index contributed by atoms with van der Waals surface area (Å²) in [6.07, 6.45) is 9.32. The first-order valence-corrected chi connectivity index (χ1v) is 10.7. The normalized spacial score (nSPS) is 28.0. The van der Waals surface area contributed by atoms with Gasteiger partial charge in [0.15, 0.2) is 0 Å². The van der Waals surface area contributed by atoms with Gasteiger partial charge in [0, 0.05) is 5.92 Å². The van der Waals surface area contributed by atoms with Gasteiger partial charge in [0.25, 0.3) is 6.43 Å². The molecular weight excluding hydrogens is 377 g/mol. The minimum absolute atomic E-state index is 0.0146. The molecule has 0 bridgehead atoms. The molecule has 0 radical (unpaired) electrons. The van der Waals surface area contributed by atoms with Crippen molar-refractivity contribution in [2.75, 3.05) is 13.2 Å². The monoisotopic (exact) mass is 408 g/mol. The van der Waals surface area contributed by atoms with Gasteiger partial charge in [-0.3, -0.25) is 0 Å². The van der Waals surface area contributed by atoms with Crippen LogP contribution in [0.1, 0.15) is 68.9 Å². The number of halogens is 3. The number of ether oxygens (including phenoxy) is 2. The van der Waals surface area contributed by atoms with Gasteiger partial charge in [-0.25, -0.2) is 13.2 Å². The van der Waals surface area contributed by atoms with Crippen LogP contribution < -0.4 is 4.74 Å². The van der Waals surface area contributed by atoms with Gasteiger partial charge in [-0.05, 0) is 68.9 Å². The molecule has 0 aromatic heterocycles. The highest BCUT2D eigenvalue weighted by molar-refractivity contribution is 5.41. The third-order valence-electron chi connectivity index (χ3n) is 6.16. The first kappa shape index (κ1) is 21.9. The second-order valence-corrected chi connectivity index (χ2v) is 8.06. The quantitative estimate of drug-likeness (QED) is 0.454. The van der Waals surface area contributed by atoms with Crippen LogP contribution in [0.15, 0.2) is 36.9 Å². The highest BCUT2D eigenvalue weighted by atomic mass is 19.3. The van der Waals surface area contributed by atoms with Crippen molar-refractivity contribution in [3.05, 3.63) is 53.9 Å². The van der Waals surface area contributed by atoms with E-state index < -0.39 is 17.8 Å². The van der Waals surface area contributed by atoms with Crippen molar-refractivity contribution >= 4 is 0 Å². The van der Waals surface area contributed by atoms with Crippen LogP contribution in [0.4, 0.5) is 13.2 Å². The highest BCUT2D eigenvalue weighted by Crippen LogP contribution is 2.41. The van der Waals surface area contributed by atoms with Crippen molar-refractivity contribution in [1.82, 2.24) is 0 Å². The molecule has 3 rings (SSSR count). The Bertz CT molecular complexity index is 700. The lowest BCUT2D eigenvalue weighted by molar-refractivity contribution is 0.0245. The van der Waals surface area contributed by atoms with E-state index in [2.05, 4.69) is 18.7 Å². The lowest BCUT2D eigenvalue weighted by Crippen LogP contribution is -2.23. The maximum absolute atomic E-state index is 14.8. The largest absolute Gasteiger partial charge is 0.493 e. The van der Waals surface area contributed by atoms with E-state index in [0.717, 1.165) is 45.1 Å². The summed E-state index contributed by atoms with van der Waals surface area (Å²) >= 11 is 0. The van der Waals surface area contributed by atoms with Gasteiger partial charge >= 0.3 is 0 Å². The Morgan fingerprint density at radius 1 is 1.10 bits per heavy atom. The van der Waals surface area contributed by atoms with Gasteiger partial charge in [-0.15, -0.1) is 6.58 Å². The molecule has 1 aliphatic heterocycles. The summed E-state index contributed by atoms with van der Waals surface area (Å²) in [7, 11) is 0. The molecule has 1 aromatic carbocycles. The highest BCUT2D eigenvalue weighted by Gasteiger charge is 2.28. The van der Waals surface area contributed by atoms with Gasteiger partial charge < -0.3 is 9.47 Å². The Labute approximate surface area is 171 Å². The molecule has 2 fully saturated rings. The Morgan fingerprint density at radius 2 is 1.79 bits per heavy atom.